The van der Waals surface area contributed by atoms with E-state index in [4.69, 9.17) is 0 Å². The Morgan fingerprint density at radius 1 is 0.800 bits per heavy atom. The first-order valence-corrected chi connectivity index (χ1v) is 10.6. The molecule has 0 aromatic rings. The minimum atomic E-state index is -0.359. The Hall–Kier alpha value is -1.12. The molecule has 0 spiro atoms. The van der Waals surface area contributed by atoms with E-state index in [2.05, 4.69) is 23.8 Å². The maximum absolute atomic E-state index is 11.3. The number of hydrogen-bond acceptors (Lipinski definition) is 3. The average molecular weight is 351 g/mol. The number of unbranched alkanes of at least 4 members (excludes halogenated alkanes) is 12. The van der Waals surface area contributed by atoms with Gasteiger partial charge < -0.3 is 4.74 Å². The highest BCUT2D eigenvalue weighted by molar-refractivity contribution is 5.94. The van der Waals surface area contributed by atoms with Gasteiger partial charge in [0.25, 0.3) is 0 Å². The van der Waals surface area contributed by atoms with Crippen molar-refractivity contribution in [2.45, 2.75) is 110 Å². The fourth-order valence-corrected chi connectivity index (χ4v) is 3.39. The van der Waals surface area contributed by atoms with Gasteiger partial charge in [0.15, 0.2) is 0 Å². The first kappa shape index (κ1) is 21.9. The molecule has 25 heavy (non-hydrogen) atoms. The fourth-order valence-electron chi connectivity index (χ4n) is 3.39. The molecule has 1 heterocycles. The van der Waals surface area contributed by atoms with Gasteiger partial charge in [-0.3, -0.25) is 9.59 Å². The smallest absolute Gasteiger partial charge is 0.317 e. The van der Waals surface area contributed by atoms with Crippen molar-refractivity contribution in [3.63, 3.8) is 0 Å². The van der Waals surface area contributed by atoms with Gasteiger partial charge in [-0.25, -0.2) is 0 Å². The summed E-state index contributed by atoms with van der Waals surface area (Å²) in [7, 11) is 0. The van der Waals surface area contributed by atoms with E-state index in [1.165, 1.54) is 77.0 Å². The van der Waals surface area contributed by atoms with Crippen molar-refractivity contribution >= 4 is 11.9 Å². The van der Waals surface area contributed by atoms with Crippen LogP contribution in [0.2, 0.25) is 0 Å². The van der Waals surface area contributed by atoms with Crippen molar-refractivity contribution in [3.05, 3.63) is 12.2 Å². The average Bonchev–Trinajstić information content (AvgIpc) is 2.92. The van der Waals surface area contributed by atoms with Crippen LogP contribution in [0.15, 0.2) is 12.2 Å². The molecule has 0 radical (unpaired) electrons. The van der Waals surface area contributed by atoms with Gasteiger partial charge in [-0.1, -0.05) is 83.3 Å². The minimum absolute atomic E-state index is 0.187. The van der Waals surface area contributed by atoms with E-state index in [1.807, 2.05) is 0 Å². The van der Waals surface area contributed by atoms with Crippen LogP contribution in [0.1, 0.15) is 110 Å². The second-order valence-corrected chi connectivity index (χ2v) is 7.42. The lowest BCUT2D eigenvalue weighted by atomic mass is 10.0. The van der Waals surface area contributed by atoms with Crippen LogP contribution < -0.4 is 0 Å². The first-order chi connectivity index (χ1) is 12.2. The van der Waals surface area contributed by atoms with Crippen LogP contribution in [-0.2, 0) is 14.3 Å². The number of allylic oxidation sites excluding steroid dienone is 2. The standard InChI is InChI=1S/C22H38O3/c1-2-3-4-5-6-7-8-9-10-11-12-13-14-15-16-17-18-20-19-21(23)25-22(20)24/h14-15,20H,2-13,16-19H2,1H3. The molecule has 1 atom stereocenters. The summed E-state index contributed by atoms with van der Waals surface area (Å²) in [6, 6.07) is 0. The monoisotopic (exact) mass is 350 g/mol. The summed E-state index contributed by atoms with van der Waals surface area (Å²) >= 11 is 0. The largest absolute Gasteiger partial charge is 0.393 e. The normalized spacial score (nSPS) is 17.6. The summed E-state index contributed by atoms with van der Waals surface area (Å²) in [6.45, 7) is 2.27. The third kappa shape index (κ3) is 12.0. The summed E-state index contributed by atoms with van der Waals surface area (Å²) in [5.74, 6) is -0.871. The third-order valence-corrected chi connectivity index (χ3v) is 5.03. The highest BCUT2D eigenvalue weighted by atomic mass is 16.6. The molecule has 144 valence electrons. The van der Waals surface area contributed by atoms with Gasteiger partial charge >= 0.3 is 11.9 Å². The maximum Gasteiger partial charge on any atom is 0.317 e. The predicted molar refractivity (Wildman–Crippen MR) is 103 cm³/mol. The molecule has 3 nitrogen and oxygen atoms in total. The summed E-state index contributed by atoms with van der Waals surface area (Å²) < 4.78 is 4.56. The van der Waals surface area contributed by atoms with Crippen LogP contribution in [0.4, 0.5) is 0 Å². The molecule has 1 rings (SSSR count). The molecule has 0 amide bonds. The van der Waals surface area contributed by atoms with E-state index >= 15 is 0 Å². The molecule has 1 fully saturated rings. The molecule has 0 bridgehead atoms. The van der Waals surface area contributed by atoms with E-state index in [0.29, 0.717) is 0 Å². The molecule has 1 unspecified atom stereocenters. The van der Waals surface area contributed by atoms with Crippen LogP contribution in [0, 0.1) is 5.92 Å². The van der Waals surface area contributed by atoms with Crippen LogP contribution in [-0.4, -0.2) is 11.9 Å². The Bertz CT molecular complexity index is 387. The summed E-state index contributed by atoms with van der Waals surface area (Å²) in [5.41, 5.74) is 0. The zero-order chi connectivity index (χ0) is 18.2. The minimum Gasteiger partial charge on any atom is -0.393 e. The van der Waals surface area contributed by atoms with Crippen LogP contribution in [0.25, 0.3) is 0 Å². The molecule has 0 aromatic heterocycles. The molecule has 1 saturated heterocycles. The molecule has 0 aliphatic carbocycles. The molecule has 3 heteroatoms. The van der Waals surface area contributed by atoms with Gasteiger partial charge in [0.1, 0.15) is 0 Å². The number of carbonyl (C=O) groups is 2. The lowest BCUT2D eigenvalue weighted by molar-refractivity contribution is -0.153. The molecule has 0 N–H and O–H groups in total. The van der Waals surface area contributed by atoms with Gasteiger partial charge in [0.05, 0.1) is 12.3 Å². The lowest BCUT2D eigenvalue weighted by Gasteiger charge is -2.02. The zero-order valence-electron chi connectivity index (χ0n) is 16.3. The van der Waals surface area contributed by atoms with Crippen molar-refractivity contribution in [3.8, 4) is 0 Å². The van der Waals surface area contributed by atoms with Gasteiger partial charge in [-0.15, -0.1) is 0 Å². The molecule has 1 aliphatic rings. The maximum atomic E-state index is 11.3. The number of esters is 2. The summed E-state index contributed by atoms with van der Waals surface area (Å²) in [4.78, 5) is 22.3. The van der Waals surface area contributed by atoms with Crippen molar-refractivity contribution in [1.29, 1.82) is 0 Å². The quantitative estimate of drug-likeness (QED) is 0.138. The zero-order valence-corrected chi connectivity index (χ0v) is 16.3. The van der Waals surface area contributed by atoms with E-state index in [0.717, 1.165) is 19.3 Å². The number of rotatable bonds is 16. The van der Waals surface area contributed by atoms with Crippen LogP contribution in [0.5, 0.6) is 0 Å². The SMILES string of the molecule is CCCCCCCCCCCCCC=CCCCC1CC(=O)OC1=O. The third-order valence-electron chi connectivity index (χ3n) is 5.03. The Balaban J connectivity index is 1.78. The molecular formula is C22H38O3. The topological polar surface area (TPSA) is 43.4 Å². The Labute approximate surface area is 154 Å². The molecular weight excluding hydrogens is 312 g/mol. The number of hydrogen-bond donors (Lipinski definition) is 0. The van der Waals surface area contributed by atoms with E-state index in [9.17, 15) is 9.59 Å². The summed E-state index contributed by atoms with van der Waals surface area (Å²) in [6.07, 6.45) is 23.9. The Kier molecular flexibility index (Phi) is 13.3. The highest BCUT2D eigenvalue weighted by Gasteiger charge is 2.32. The van der Waals surface area contributed by atoms with Gasteiger partial charge in [-0.05, 0) is 32.1 Å². The molecule has 0 saturated carbocycles. The first-order valence-electron chi connectivity index (χ1n) is 10.6. The van der Waals surface area contributed by atoms with Crippen LogP contribution in [0.3, 0.4) is 0 Å². The summed E-state index contributed by atoms with van der Waals surface area (Å²) in [5, 5.41) is 0. The molecule has 1 aliphatic heterocycles. The highest BCUT2D eigenvalue weighted by Crippen LogP contribution is 2.21. The lowest BCUT2D eigenvalue weighted by Crippen LogP contribution is -2.06. The van der Waals surface area contributed by atoms with Crippen LogP contribution >= 0.6 is 0 Å². The van der Waals surface area contributed by atoms with Crippen molar-refractivity contribution < 1.29 is 14.3 Å². The number of cyclic esters (lactones) is 2. The number of ether oxygens (including phenoxy) is 1. The van der Waals surface area contributed by atoms with E-state index in [-0.39, 0.29) is 24.3 Å². The Morgan fingerprint density at radius 2 is 1.32 bits per heavy atom. The Morgan fingerprint density at radius 3 is 1.84 bits per heavy atom. The van der Waals surface area contributed by atoms with E-state index < -0.39 is 0 Å². The van der Waals surface area contributed by atoms with Gasteiger partial charge in [0.2, 0.25) is 0 Å². The van der Waals surface area contributed by atoms with Crippen molar-refractivity contribution in [2.24, 2.45) is 5.92 Å². The van der Waals surface area contributed by atoms with Gasteiger partial charge in [0, 0.05) is 0 Å². The second-order valence-electron chi connectivity index (χ2n) is 7.42. The van der Waals surface area contributed by atoms with E-state index in [1.54, 1.807) is 0 Å². The predicted octanol–water partition coefficient (Wildman–Crippen LogP) is 6.50. The van der Waals surface area contributed by atoms with Gasteiger partial charge in [-0.2, -0.15) is 0 Å². The molecule has 0 aromatic carbocycles. The second kappa shape index (κ2) is 15.2. The van der Waals surface area contributed by atoms with Crippen molar-refractivity contribution in [1.82, 2.24) is 0 Å². The van der Waals surface area contributed by atoms with Crippen molar-refractivity contribution in [2.75, 3.05) is 0 Å². The fraction of sp³-hybridized carbons (Fsp3) is 0.818. The number of carbonyl (C=O) groups excluding carboxylic acids is 2.